The molecule has 2 rings (SSSR count). The predicted molar refractivity (Wildman–Crippen MR) is 140 cm³/mol. The summed E-state index contributed by atoms with van der Waals surface area (Å²) in [4.78, 5) is 14.1. The third kappa shape index (κ3) is 7.61. The zero-order chi connectivity index (χ0) is 24.3. The van der Waals surface area contributed by atoms with Gasteiger partial charge in [-0.25, -0.2) is 4.79 Å². The highest BCUT2D eigenvalue weighted by molar-refractivity contribution is 7.99. The van der Waals surface area contributed by atoms with Gasteiger partial charge in [0.2, 0.25) is 5.60 Å². The molecule has 2 atom stereocenters. The van der Waals surface area contributed by atoms with Gasteiger partial charge in [0.25, 0.3) is 0 Å². The maximum atomic E-state index is 14.1. The monoisotopic (exact) mass is 470 g/mol. The van der Waals surface area contributed by atoms with Crippen LogP contribution in [0.5, 0.6) is 0 Å². The van der Waals surface area contributed by atoms with E-state index >= 15 is 0 Å². The average Bonchev–Trinajstić information content (AvgIpc) is 2.82. The molecule has 4 heteroatoms. The molecule has 2 aromatic carbocycles. The first-order chi connectivity index (χ1) is 15.8. The molecule has 0 spiro atoms. The lowest BCUT2D eigenvalue weighted by atomic mass is 9.85. The molecule has 33 heavy (non-hydrogen) atoms. The molecule has 0 aromatic heterocycles. The van der Waals surface area contributed by atoms with Crippen LogP contribution in [0.4, 0.5) is 0 Å². The summed E-state index contributed by atoms with van der Waals surface area (Å²) < 4.78 is 13.1. The van der Waals surface area contributed by atoms with E-state index in [1.54, 1.807) is 11.8 Å². The van der Waals surface area contributed by atoms with E-state index in [1.807, 2.05) is 60.7 Å². The molecule has 0 heterocycles. The Morgan fingerprint density at radius 1 is 0.909 bits per heavy atom. The van der Waals surface area contributed by atoms with Crippen molar-refractivity contribution in [2.75, 3.05) is 5.75 Å². The number of rotatable bonds is 14. The van der Waals surface area contributed by atoms with E-state index in [2.05, 4.69) is 41.5 Å². The number of carbonyl (C=O) groups is 1. The van der Waals surface area contributed by atoms with Crippen LogP contribution in [-0.2, 0) is 19.9 Å². The minimum atomic E-state index is -1.32. The lowest BCUT2D eigenvalue weighted by Crippen LogP contribution is -2.46. The van der Waals surface area contributed by atoms with Gasteiger partial charge in [0, 0.05) is 0 Å². The lowest BCUT2D eigenvalue weighted by molar-refractivity contribution is -0.178. The Bertz CT molecular complexity index is 765. The summed E-state index contributed by atoms with van der Waals surface area (Å²) in [6.07, 6.45) is 3.66. The highest BCUT2D eigenvalue weighted by Gasteiger charge is 2.48. The number of unbranched alkanes of at least 4 members (excludes halogenated alkanes) is 1. The van der Waals surface area contributed by atoms with Gasteiger partial charge >= 0.3 is 5.97 Å². The van der Waals surface area contributed by atoms with Crippen LogP contribution in [0, 0.1) is 11.8 Å². The fourth-order valence-corrected chi connectivity index (χ4v) is 4.94. The van der Waals surface area contributed by atoms with Gasteiger partial charge in [0.1, 0.15) is 11.5 Å². The molecule has 3 nitrogen and oxygen atoms in total. The maximum Gasteiger partial charge on any atom is 0.348 e. The standard InChI is InChI=1S/C29H42O3S/c1-7-9-20-26(8-2)31-28(30)29(24-16-12-10-13-17-24,25-18-14-11-15-19-25)32-27(23(5)6)33-21-22(3)4/h10-19,22-23,26-27H,7-9,20-21H2,1-6H3. The molecule has 0 saturated heterocycles. The quantitative estimate of drug-likeness (QED) is 0.208. The fraction of sp³-hybridized carbons (Fsp3) is 0.552. The van der Waals surface area contributed by atoms with Crippen LogP contribution >= 0.6 is 11.8 Å². The second kappa shape index (κ2) is 13.8. The van der Waals surface area contributed by atoms with Crippen molar-refractivity contribution in [3.8, 4) is 0 Å². The van der Waals surface area contributed by atoms with Gasteiger partial charge < -0.3 is 9.47 Å². The first-order valence-corrected chi connectivity index (χ1v) is 13.5. The van der Waals surface area contributed by atoms with Crippen LogP contribution < -0.4 is 0 Å². The molecule has 0 amide bonds. The van der Waals surface area contributed by atoms with Crippen LogP contribution in [0.2, 0.25) is 0 Å². The molecule has 2 unspecified atom stereocenters. The van der Waals surface area contributed by atoms with Gasteiger partial charge in [-0.2, -0.15) is 0 Å². The van der Waals surface area contributed by atoms with Crippen LogP contribution in [-0.4, -0.2) is 23.3 Å². The van der Waals surface area contributed by atoms with Crippen molar-refractivity contribution < 1.29 is 14.3 Å². The fourth-order valence-electron chi connectivity index (χ4n) is 3.77. The topological polar surface area (TPSA) is 35.5 Å². The molecule has 0 aliphatic carbocycles. The van der Waals surface area contributed by atoms with E-state index in [4.69, 9.17) is 9.47 Å². The van der Waals surface area contributed by atoms with E-state index in [0.717, 1.165) is 42.6 Å². The molecule has 0 N–H and O–H groups in total. The van der Waals surface area contributed by atoms with Crippen LogP contribution in [0.1, 0.15) is 78.4 Å². The molecule has 0 fully saturated rings. The molecule has 0 aliphatic rings. The van der Waals surface area contributed by atoms with E-state index in [0.29, 0.717) is 5.92 Å². The molecule has 0 saturated carbocycles. The van der Waals surface area contributed by atoms with Crippen molar-refractivity contribution in [2.45, 2.75) is 84.4 Å². The van der Waals surface area contributed by atoms with Gasteiger partial charge in [-0.15, -0.1) is 11.8 Å². The second-order valence-electron chi connectivity index (χ2n) is 9.45. The van der Waals surface area contributed by atoms with E-state index in [-0.39, 0.29) is 23.4 Å². The van der Waals surface area contributed by atoms with E-state index < -0.39 is 5.60 Å². The van der Waals surface area contributed by atoms with Crippen molar-refractivity contribution in [1.29, 1.82) is 0 Å². The Morgan fingerprint density at radius 3 is 1.88 bits per heavy atom. The number of ether oxygens (including phenoxy) is 2. The number of benzene rings is 2. The highest BCUT2D eigenvalue weighted by Crippen LogP contribution is 2.40. The van der Waals surface area contributed by atoms with Crippen LogP contribution in [0.3, 0.4) is 0 Å². The summed E-state index contributed by atoms with van der Waals surface area (Å²) in [5, 5.41) is 0. The summed E-state index contributed by atoms with van der Waals surface area (Å²) in [5.41, 5.74) is 0.141. The number of hydrogen-bond donors (Lipinski definition) is 0. The zero-order valence-corrected chi connectivity index (χ0v) is 22.1. The Labute approximate surface area is 205 Å². The van der Waals surface area contributed by atoms with Crippen molar-refractivity contribution in [2.24, 2.45) is 11.8 Å². The number of esters is 1. The van der Waals surface area contributed by atoms with Gasteiger partial charge in [0.05, 0.1) is 0 Å². The van der Waals surface area contributed by atoms with Gasteiger partial charge in [0.15, 0.2) is 0 Å². The first kappa shape index (κ1) is 27.5. The maximum absolute atomic E-state index is 14.1. The Kier molecular flexibility index (Phi) is 11.5. The summed E-state index contributed by atoms with van der Waals surface area (Å²) in [7, 11) is 0. The molecule has 0 bridgehead atoms. The number of thioether (sulfide) groups is 1. The molecule has 182 valence electrons. The first-order valence-electron chi connectivity index (χ1n) is 12.5. The van der Waals surface area contributed by atoms with E-state index in [9.17, 15) is 4.79 Å². The predicted octanol–water partition coefficient (Wildman–Crippen LogP) is 7.83. The number of hydrogen-bond acceptors (Lipinski definition) is 4. The molecular formula is C29H42O3S. The smallest absolute Gasteiger partial charge is 0.348 e. The van der Waals surface area contributed by atoms with Crippen molar-refractivity contribution >= 4 is 17.7 Å². The Hall–Kier alpha value is -1.78. The van der Waals surface area contributed by atoms with E-state index in [1.165, 1.54) is 0 Å². The summed E-state index contributed by atoms with van der Waals surface area (Å²) >= 11 is 1.78. The average molecular weight is 471 g/mol. The minimum Gasteiger partial charge on any atom is -0.460 e. The largest absolute Gasteiger partial charge is 0.460 e. The minimum absolute atomic E-state index is 0.117. The van der Waals surface area contributed by atoms with Crippen LogP contribution in [0.25, 0.3) is 0 Å². The summed E-state index contributed by atoms with van der Waals surface area (Å²) in [6.45, 7) is 13.0. The van der Waals surface area contributed by atoms with Crippen molar-refractivity contribution in [1.82, 2.24) is 0 Å². The van der Waals surface area contributed by atoms with Crippen molar-refractivity contribution in [3.05, 3.63) is 71.8 Å². The normalized spacial score (nSPS) is 13.8. The third-order valence-corrected chi connectivity index (χ3v) is 7.52. The highest BCUT2D eigenvalue weighted by atomic mass is 32.2. The lowest BCUT2D eigenvalue weighted by Gasteiger charge is -2.38. The molecule has 2 aromatic rings. The molecular weight excluding hydrogens is 428 g/mol. The Morgan fingerprint density at radius 2 is 1.45 bits per heavy atom. The second-order valence-corrected chi connectivity index (χ2v) is 10.6. The summed E-state index contributed by atoms with van der Waals surface area (Å²) in [5.74, 6) is 1.41. The van der Waals surface area contributed by atoms with Crippen molar-refractivity contribution in [3.63, 3.8) is 0 Å². The number of carbonyl (C=O) groups excluding carboxylic acids is 1. The zero-order valence-electron chi connectivity index (χ0n) is 21.3. The van der Waals surface area contributed by atoms with Gasteiger partial charge in [-0.3, -0.25) is 0 Å². The van der Waals surface area contributed by atoms with Gasteiger partial charge in [-0.05, 0) is 41.6 Å². The third-order valence-electron chi connectivity index (χ3n) is 5.69. The molecule has 0 radical (unpaired) electrons. The molecule has 0 aliphatic heterocycles. The SMILES string of the molecule is CCCCC(CC)OC(=O)C(OC(SCC(C)C)C(C)C)(c1ccccc1)c1ccccc1. The van der Waals surface area contributed by atoms with Crippen LogP contribution in [0.15, 0.2) is 60.7 Å². The van der Waals surface area contributed by atoms with Gasteiger partial charge in [-0.1, -0.05) is 115 Å². The summed E-state index contributed by atoms with van der Waals surface area (Å²) in [6, 6.07) is 19.7. The Balaban J connectivity index is 2.59.